The summed E-state index contributed by atoms with van der Waals surface area (Å²) in [5, 5.41) is 12.0. The van der Waals surface area contributed by atoms with Crippen LogP contribution in [-0.2, 0) is 9.53 Å². The number of nitrogens with one attached hydrogen (secondary N) is 1. The van der Waals surface area contributed by atoms with Crippen LogP contribution in [0.3, 0.4) is 0 Å². The van der Waals surface area contributed by atoms with E-state index in [9.17, 15) is 14.7 Å². The monoisotopic (exact) mass is 276 g/mol. The van der Waals surface area contributed by atoms with Crippen LogP contribution >= 0.6 is 0 Å². The van der Waals surface area contributed by atoms with Gasteiger partial charge in [0, 0.05) is 30.4 Å². The topological polar surface area (TPSA) is 78.9 Å². The molecule has 1 fully saturated rings. The van der Waals surface area contributed by atoms with Crippen LogP contribution < -0.4 is 10.2 Å². The van der Waals surface area contributed by atoms with Crippen LogP contribution in [0.2, 0.25) is 0 Å². The van der Waals surface area contributed by atoms with Gasteiger partial charge < -0.3 is 14.7 Å². The summed E-state index contributed by atoms with van der Waals surface area (Å²) in [6.07, 6.45) is 0.530. The van der Waals surface area contributed by atoms with Gasteiger partial charge in [0.15, 0.2) is 5.76 Å². The molecule has 2 N–H and O–H groups in total. The highest BCUT2D eigenvalue weighted by Gasteiger charge is 2.26. The highest BCUT2D eigenvalue weighted by Crippen LogP contribution is 2.27. The Kier molecular flexibility index (Phi) is 3.93. The number of hydrogen-bond donors (Lipinski definition) is 2. The minimum Gasteiger partial charge on any atom is -0.507 e. The Balaban J connectivity index is 2.29. The maximum Gasteiger partial charge on any atom is 0.419 e. The Bertz CT molecular complexity index is 577. The molecule has 0 bridgehead atoms. The lowest BCUT2D eigenvalue weighted by atomic mass is 10.1. The van der Waals surface area contributed by atoms with E-state index in [0.717, 1.165) is 18.8 Å². The third kappa shape index (κ3) is 2.74. The van der Waals surface area contributed by atoms with Crippen molar-refractivity contribution >= 4 is 23.8 Å². The number of phenols is 1. The molecule has 20 heavy (non-hydrogen) atoms. The first-order chi connectivity index (χ1) is 9.55. The normalized spacial score (nSPS) is 16.2. The van der Waals surface area contributed by atoms with Crippen molar-refractivity contribution in [1.29, 1.82) is 0 Å². The summed E-state index contributed by atoms with van der Waals surface area (Å²) < 4.78 is 4.69. The van der Waals surface area contributed by atoms with E-state index in [-0.39, 0.29) is 11.5 Å². The molecule has 0 aromatic heterocycles. The van der Waals surface area contributed by atoms with Crippen LogP contribution in [-0.4, -0.2) is 30.2 Å². The molecule has 1 heterocycles. The summed E-state index contributed by atoms with van der Waals surface area (Å²) in [4.78, 5) is 24.3. The molecule has 6 heteroatoms. The van der Waals surface area contributed by atoms with Crippen LogP contribution in [0.1, 0.15) is 19.4 Å². The number of carbonyl (C=O) groups excluding carboxylic acids is 2. The number of cyclic esters (lactones) is 1. The van der Waals surface area contributed by atoms with Crippen molar-refractivity contribution in [2.75, 3.05) is 18.0 Å². The molecule has 106 valence electrons. The van der Waals surface area contributed by atoms with Crippen LogP contribution in [0.15, 0.2) is 24.0 Å². The minimum atomic E-state index is -0.805. The Morgan fingerprint density at radius 2 is 2.00 bits per heavy atom. The Hall–Kier alpha value is -2.50. The molecule has 1 aliphatic heterocycles. The maximum absolute atomic E-state index is 11.4. The van der Waals surface area contributed by atoms with Crippen molar-refractivity contribution in [2.45, 2.75) is 13.8 Å². The SMILES string of the molecule is CCN(CC)c1ccc(/C=C2\OC(=O)NC2=O)c(O)c1. The number of ether oxygens (including phenoxy) is 1. The first-order valence-electron chi connectivity index (χ1n) is 6.38. The van der Waals surface area contributed by atoms with E-state index in [0.29, 0.717) is 5.56 Å². The van der Waals surface area contributed by atoms with Gasteiger partial charge in [-0.2, -0.15) is 0 Å². The number of alkyl carbamates (subject to hydrolysis) is 1. The van der Waals surface area contributed by atoms with Gasteiger partial charge in [0.2, 0.25) is 0 Å². The maximum atomic E-state index is 11.4. The van der Waals surface area contributed by atoms with Crippen molar-refractivity contribution in [3.63, 3.8) is 0 Å². The molecule has 1 aliphatic rings. The zero-order valence-corrected chi connectivity index (χ0v) is 11.3. The number of hydrogen-bond acceptors (Lipinski definition) is 5. The second-order valence-electron chi connectivity index (χ2n) is 4.27. The molecule has 0 atom stereocenters. The fourth-order valence-corrected chi connectivity index (χ4v) is 2.00. The predicted octanol–water partition coefficient (Wildman–Crippen LogP) is 1.85. The van der Waals surface area contributed by atoms with E-state index in [1.807, 2.05) is 25.2 Å². The third-order valence-electron chi connectivity index (χ3n) is 3.07. The van der Waals surface area contributed by atoms with Gasteiger partial charge in [0.05, 0.1) is 0 Å². The second kappa shape index (κ2) is 5.64. The van der Waals surface area contributed by atoms with Gasteiger partial charge in [-0.15, -0.1) is 0 Å². The van der Waals surface area contributed by atoms with Gasteiger partial charge >= 0.3 is 6.09 Å². The van der Waals surface area contributed by atoms with Gasteiger partial charge in [-0.05, 0) is 32.1 Å². The Labute approximate surface area is 116 Å². The fraction of sp³-hybridized carbons (Fsp3) is 0.286. The van der Waals surface area contributed by atoms with Crippen LogP contribution in [0, 0.1) is 0 Å². The molecular weight excluding hydrogens is 260 g/mol. The summed E-state index contributed by atoms with van der Waals surface area (Å²) in [6, 6.07) is 5.14. The number of carbonyl (C=O) groups is 2. The van der Waals surface area contributed by atoms with Crippen molar-refractivity contribution in [3.8, 4) is 5.75 Å². The number of benzene rings is 1. The molecule has 0 radical (unpaired) electrons. The Morgan fingerprint density at radius 1 is 1.30 bits per heavy atom. The van der Waals surface area contributed by atoms with E-state index in [1.165, 1.54) is 6.08 Å². The van der Waals surface area contributed by atoms with Crippen LogP contribution in [0.5, 0.6) is 5.75 Å². The number of imide groups is 1. The first-order valence-corrected chi connectivity index (χ1v) is 6.38. The van der Waals surface area contributed by atoms with Gasteiger partial charge in [0.1, 0.15) is 5.75 Å². The van der Waals surface area contributed by atoms with Crippen molar-refractivity contribution in [2.24, 2.45) is 0 Å². The standard InChI is InChI=1S/C14H16N2O4/c1-3-16(4-2)10-6-5-9(11(17)8-10)7-12-13(18)15-14(19)20-12/h5-8,17H,3-4H2,1-2H3,(H,15,18,19)/b12-7-. The number of phenolic OH excluding ortho intramolecular Hbond substituents is 1. The van der Waals surface area contributed by atoms with Crippen molar-refractivity contribution in [1.82, 2.24) is 5.32 Å². The molecule has 1 aromatic rings. The summed E-state index contributed by atoms with van der Waals surface area (Å²) in [7, 11) is 0. The lowest BCUT2D eigenvalue weighted by Crippen LogP contribution is -2.21. The van der Waals surface area contributed by atoms with Gasteiger partial charge in [0.25, 0.3) is 5.91 Å². The van der Waals surface area contributed by atoms with Crippen molar-refractivity contribution in [3.05, 3.63) is 29.5 Å². The van der Waals surface area contributed by atoms with Crippen molar-refractivity contribution < 1.29 is 19.4 Å². The smallest absolute Gasteiger partial charge is 0.419 e. The Morgan fingerprint density at radius 3 is 2.50 bits per heavy atom. The largest absolute Gasteiger partial charge is 0.507 e. The number of anilines is 1. The summed E-state index contributed by atoms with van der Waals surface area (Å²) in [5.41, 5.74) is 1.31. The quantitative estimate of drug-likeness (QED) is 0.820. The molecule has 0 saturated carbocycles. The zero-order valence-electron chi connectivity index (χ0n) is 11.3. The fourth-order valence-electron chi connectivity index (χ4n) is 2.00. The molecule has 0 unspecified atom stereocenters. The number of nitrogens with zero attached hydrogens (tertiary/aromatic N) is 1. The molecule has 0 aliphatic carbocycles. The molecule has 0 spiro atoms. The zero-order chi connectivity index (χ0) is 14.7. The highest BCUT2D eigenvalue weighted by molar-refractivity contribution is 6.10. The van der Waals surface area contributed by atoms with E-state index in [2.05, 4.69) is 4.90 Å². The average molecular weight is 276 g/mol. The molecule has 6 nitrogen and oxygen atoms in total. The average Bonchev–Trinajstić information content (AvgIpc) is 2.72. The van der Waals surface area contributed by atoms with Crippen LogP contribution in [0.4, 0.5) is 10.5 Å². The van der Waals surface area contributed by atoms with Crippen LogP contribution in [0.25, 0.3) is 6.08 Å². The molecular formula is C14H16N2O4. The molecule has 2 amide bonds. The van der Waals surface area contributed by atoms with Gasteiger partial charge in [-0.25, -0.2) is 4.79 Å². The number of aromatic hydroxyl groups is 1. The van der Waals surface area contributed by atoms with Gasteiger partial charge in [-0.3, -0.25) is 10.1 Å². The second-order valence-corrected chi connectivity index (χ2v) is 4.27. The lowest BCUT2D eigenvalue weighted by Gasteiger charge is -2.21. The number of amides is 2. The van der Waals surface area contributed by atoms with E-state index < -0.39 is 12.0 Å². The van der Waals surface area contributed by atoms with Gasteiger partial charge in [-0.1, -0.05) is 0 Å². The van der Waals surface area contributed by atoms with E-state index in [4.69, 9.17) is 4.74 Å². The minimum absolute atomic E-state index is 0.0256. The van der Waals surface area contributed by atoms with E-state index in [1.54, 1.807) is 12.1 Å². The lowest BCUT2D eigenvalue weighted by molar-refractivity contribution is -0.116. The summed E-state index contributed by atoms with van der Waals surface area (Å²) in [6.45, 7) is 5.71. The first kappa shape index (κ1) is 13.9. The summed E-state index contributed by atoms with van der Waals surface area (Å²) >= 11 is 0. The molecule has 2 rings (SSSR count). The summed E-state index contributed by atoms with van der Waals surface area (Å²) in [5.74, 6) is -0.708. The predicted molar refractivity (Wildman–Crippen MR) is 74.3 cm³/mol. The van der Waals surface area contributed by atoms with E-state index >= 15 is 0 Å². The third-order valence-corrected chi connectivity index (χ3v) is 3.07. The molecule has 1 aromatic carbocycles. The highest BCUT2D eigenvalue weighted by atomic mass is 16.6. The molecule has 1 saturated heterocycles. The number of rotatable bonds is 4.